The number of hydrogen-bond donors (Lipinski definition) is 2. The summed E-state index contributed by atoms with van der Waals surface area (Å²) >= 11 is 0. The van der Waals surface area contributed by atoms with Crippen molar-refractivity contribution in [3.63, 3.8) is 0 Å². The van der Waals surface area contributed by atoms with E-state index >= 15 is 0 Å². The molecule has 9 nitrogen and oxygen atoms in total. The molecule has 0 aromatic heterocycles. The van der Waals surface area contributed by atoms with Crippen LogP contribution in [0.2, 0.25) is 0 Å². The second-order valence-electron chi connectivity index (χ2n) is 9.19. The largest absolute Gasteiger partial charge is 0.341 e. The number of fused-ring (bicyclic) bond motifs is 2. The minimum atomic E-state index is -4.33. The molecule has 0 amide bonds. The van der Waals surface area contributed by atoms with Crippen molar-refractivity contribution in [2.75, 3.05) is 16.3 Å². The quantitative estimate of drug-likeness (QED) is 0.460. The number of allylic oxidation sites excluding steroid dienone is 2. The highest BCUT2D eigenvalue weighted by Crippen LogP contribution is 2.42. The summed E-state index contributed by atoms with van der Waals surface area (Å²) in [5, 5.41) is 2.84. The predicted molar refractivity (Wildman–Crippen MR) is 134 cm³/mol. The molecular weight excluding hydrogens is 490 g/mol. The van der Waals surface area contributed by atoms with Crippen LogP contribution in [0.5, 0.6) is 0 Å². The highest BCUT2D eigenvalue weighted by Gasteiger charge is 2.51. The van der Waals surface area contributed by atoms with E-state index in [4.69, 9.17) is 0 Å². The molecule has 0 bridgehead atoms. The molecule has 2 N–H and O–H groups in total. The maximum Gasteiger partial charge on any atom is 0.286 e. The Morgan fingerprint density at radius 2 is 1.86 bits per heavy atom. The summed E-state index contributed by atoms with van der Waals surface area (Å²) in [7, 11) is -7.96. The van der Waals surface area contributed by atoms with Crippen molar-refractivity contribution in [3.8, 4) is 0 Å². The van der Waals surface area contributed by atoms with Crippen molar-refractivity contribution in [2.45, 2.75) is 37.5 Å². The molecule has 2 atom stereocenters. The second kappa shape index (κ2) is 8.42. The van der Waals surface area contributed by atoms with Crippen LogP contribution in [-0.2, 0) is 30.3 Å². The summed E-state index contributed by atoms with van der Waals surface area (Å²) in [4.78, 5) is 27.0. The summed E-state index contributed by atoms with van der Waals surface area (Å²) in [5.41, 5.74) is 1.03. The van der Waals surface area contributed by atoms with Gasteiger partial charge in [0.05, 0.1) is 17.4 Å². The van der Waals surface area contributed by atoms with Crippen molar-refractivity contribution in [2.24, 2.45) is 10.3 Å². The van der Waals surface area contributed by atoms with Crippen molar-refractivity contribution in [3.05, 3.63) is 65.2 Å². The zero-order valence-corrected chi connectivity index (χ0v) is 21.2. The van der Waals surface area contributed by atoms with E-state index in [9.17, 15) is 26.4 Å². The van der Waals surface area contributed by atoms with Gasteiger partial charge in [-0.3, -0.25) is 14.3 Å². The topological polar surface area (TPSA) is 139 Å². The summed E-state index contributed by atoms with van der Waals surface area (Å²) in [6, 6.07) is 10.7. The van der Waals surface area contributed by atoms with Gasteiger partial charge in [0.25, 0.3) is 10.0 Å². The van der Waals surface area contributed by atoms with Gasteiger partial charge < -0.3 is 5.32 Å². The van der Waals surface area contributed by atoms with Crippen molar-refractivity contribution < 1.29 is 26.4 Å². The molecule has 1 aliphatic heterocycles. The van der Waals surface area contributed by atoms with Crippen LogP contribution in [0.1, 0.15) is 43.1 Å². The van der Waals surface area contributed by atoms with E-state index in [1.54, 1.807) is 31.2 Å². The van der Waals surface area contributed by atoms with Crippen LogP contribution in [0.3, 0.4) is 0 Å². The predicted octanol–water partition coefficient (Wildman–Crippen LogP) is 3.27. The maximum atomic E-state index is 13.8. The molecule has 0 radical (unpaired) electrons. The monoisotopic (exact) mass is 515 g/mol. The SMILES string of the molecule is CC(C)=CC[C@@]1(C)C(=O)C(C2=NS(=O)(=O)c3cc(NS(C)(=O)=O)ccc3N2)C(=O)c2ccccc21. The minimum Gasteiger partial charge on any atom is -0.341 e. The van der Waals surface area contributed by atoms with Crippen molar-refractivity contribution in [1.29, 1.82) is 0 Å². The molecule has 1 unspecified atom stereocenters. The van der Waals surface area contributed by atoms with Crippen LogP contribution in [-0.4, -0.2) is 40.5 Å². The van der Waals surface area contributed by atoms with Crippen LogP contribution >= 0.6 is 0 Å². The first-order valence-corrected chi connectivity index (χ1v) is 14.1. The van der Waals surface area contributed by atoms with Crippen LogP contribution in [0.25, 0.3) is 0 Å². The number of ketones is 2. The molecule has 11 heteroatoms. The van der Waals surface area contributed by atoms with Crippen LogP contribution < -0.4 is 10.0 Å². The third-order valence-corrected chi connectivity index (χ3v) is 8.03. The number of nitrogens with zero attached hydrogens (tertiary/aromatic N) is 1. The number of nitrogens with one attached hydrogen (secondary N) is 2. The Labute approximate surface area is 204 Å². The summed E-state index contributed by atoms with van der Waals surface area (Å²) in [5.74, 6) is -2.68. The molecule has 2 aromatic rings. The molecule has 2 aromatic carbocycles. The lowest BCUT2D eigenvalue weighted by atomic mass is 9.63. The minimum absolute atomic E-state index is 0.0447. The fourth-order valence-corrected chi connectivity index (χ4v) is 6.09. The number of benzene rings is 2. The number of hydrogen-bond acceptors (Lipinski definition) is 7. The molecule has 2 aliphatic rings. The summed E-state index contributed by atoms with van der Waals surface area (Å²) in [6.07, 6.45) is 3.20. The van der Waals surface area contributed by atoms with E-state index in [0.717, 1.165) is 17.9 Å². The molecule has 0 spiro atoms. The fraction of sp³-hybridized carbons (Fsp3) is 0.292. The first kappa shape index (κ1) is 24.8. The molecule has 0 saturated carbocycles. The van der Waals surface area contributed by atoms with E-state index in [1.807, 2.05) is 19.9 Å². The number of amidine groups is 1. The average molecular weight is 516 g/mol. The van der Waals surface area contributed by atoms with Gasteiger partial charge in [-0.25, -0.2) is 8.42 Å². The van der Waals surface area contributed by atoms with Gasteiger partial charge in [-0.1, -0.05) is 35.9 Å². The van der Waals surface area contributed by atoms with Gasteiger partial charge in [-0.15, -0.1) is 4.40 Å². The Bertz CT molecular complexity index is 1540. The average Bonchev–Trinajstić information content (AvgIpc) is 2.76. The molecule has 4 rings (SSSR count). The van der Waals surface area contributed by atoms with E-state index in [-0.39, 0.29) is 22.1 Å². The highest BCUT2D eigenvalue weighted by molar-refractivity contribution is 7.92. The molecule has 0 saturated heterocycles. The third-order valence-electron chi connectivity index (χ3n) is 6.09. The molecule has 35 heavy (non-hydrogen) atoms. The first-order chi connectivity index (χ1) is 16.2. The Balaban J connectivity index is 1.82. The molecular formula is C24H25N3O6S2. The number of anilines is 2. The lowest BCUT2D eigenvalue weighted by molar-refractivity contribution is -0.125. The van der Waals surface area contributed by atoms with Gasteiger partial charge in [0.2, 0.25) is 10.0 Å². The van der Waals surface area contributed by atoms with Gasteiger partial charge in [-0.2, -0.15) is 8.42 Å². The van der Waals surface area contributed by atoms with Crippen molar-refractivity contribution in [1.82, 2.24) is 0 Å². The second-order valence-corrected chi connectivity index (χ2v) is 12.5. The lowest BCUT2D eigenvalue weighted by Gasteiger charge is -2.38. The zero-order valence-electron chi connectivity index (χ0n) is 19.6. The van der Waals surface area contributed by atoms with Gasteiger partial charge in [0, 0.05) is 11.3 Å². The molecule has 1 aliphatic carbocycles. The van der Waals surface area contributed by atoms with E-state index in [1.165, 1.54) is 12.1 Å². The number of carbonyl (C=O) groups excluding carboxylic acids is 2. The molecule has 184 valence electrons. The van der Waals surface area contributed by atoms with Gasteiger partial charge in [-0.05, 0) is 51.0 Å². The lowest BCUT2D eigenvalue weighted by Crippen LogP contribution is -2.51. The molecule has 0 fully saturated rings. The Hall–Kier alpha value is -3.31. The summed E-state index contributed by atoms with van der Waals surface area (Å²) in [6.45, 7) is 5.57. The van der Waals surface area contributed by atoms with E-state index in [0.29, 0.717) is 17.5 Å². The Morgan fingerprint density at radius 1 is 1.17 bits per heavy atom. The maximum absolute atomic E-state index is 13.8. The zero-order chi connectivity index (χ0) is 25.8. The van der Waals surface area contributed by atoms with E-state index in [2.05, 4.69) is 14.4 Å². The highest BCUT2D eigenvalue weighted by atomic mass is 32.2. The van der Waals surface area contributed by atoms with Crippen LogP contribution in [0.4, 0.5) is 11.4 Å². The van der Waals surface area contributed by atoms with Gasteiger partial charge in [0.1, 0.15) is 16.6 Å². The van der Waals surface area contributed by atoms with Gasteiger partial charge in [0.15, 0.2) is 11.6 Å². The fourth-order valence-electron chi connectivity index (χ4n) is 4.35. The smallest absolute Gasteiger partial charge is 0.286 e. The number of carbonyl (C=O) groups is 2. The van der Waals surface area contributed by atoms with Crippen molar-refractivity contribution >= 4 is 48.8 Å². The number of rotatable bonds is 5. The standard InChI is InChI=1S/C24H25N3O6S2/c1-14(2)11-12-24(3)17-8-6-5-7-16(17)21(28)20(22(24)29)23-25-18-10-9-15(26-34(4,30)31)13-19(18)35(32,33)27-23/h5-11,13,20,26H,12H2,1-4H3,(H,25,27)/t20?,24-/m1/s1. The number of Topliss-reactive ketones (excluding diaryl/α,β-unsaturated/α-hetero) is 2. The molecule has 1 heterocycles. The van der Waals surface area contributed by atoms with Crippen LogP contribution in [0.15, 0.2) is 63.4 Å². The Morgan fingerprint density at radius 3 is 2.51 bits per heavy atom. The summed E-state index contributed by atoms with van der Waals surface area (Å²) < 4.78 is 55.2. The normalized spacial score (nSPS) is 22.9. The Kier molecular flexibility index (Phi) is 5.97. The first-order valence-electron chi connectivity index (χ1n) is 10.8. The van der Waals surface area contributed by atoms with Crippen LogP contribution in [0, 0.1) is 5.92 Å². The number of sulfonamides is 2. The van der Waals surface area contributed by atoms with E-state index < -0.39 is 42.9 Å². The third kappa shape index (κ3) is 4.53. The van der Waals surface area contributed by atoms with Gasteiger partial charge >= 0.3 is 0 Å².